The van der Waals surface area contributed by atoms with Crippen molar-refractivity contribution in [3.05, 3.63) is 54.1 Å². The maximum Gasteiger partial charge on any atom is 0.407 e. The molecule has 3 aliphatic heterocycles. The van der Waals surface area contributed by atoms with Gasteiger partial charge in [-0.3, -0.25) is 4.79 Å². The summed E-state index contributed by atoms with van der Waals surface area (Å²) in [6.07, 6.45) is 0.289. The molecule has 3 heterocycles. The third-order valence-electron chi connectivity index (χ3n) is 9.34. The van der Waals surface area contributed by atoms with Gasteiger partial charge in [-0.1, -0.05) is 44.2 Å². The summed E-state index contributed by atoms with van der Waals surface area (Å²) in [6, 6.07) is 12.8. The van der Waals surface area contributed by atoms with Crippen LogP contribution in [0, 0.1) is 17.3 Å². The highest BCUT2D eigenvalue weighted by Gasteiger charge is 2.44. The summed E-state index contributed by atoms with van der Waals surface area (Å²) < 4.78 is 57.5. The Kier molecular flexibility index (Phi) is 10.5. The molecule has 0 spiro atoms. The van der Waals surface area contributed by atoms with Crippen molar-refractivity contribution >= 4 is 22.0 Å². The van der Waals surface area contributed by atoms with E-state index in [-0.39, 0.29) is 55.5 Å². The molecule has 2 amide bonds. The van der Waals surface area contributed by atoms with E-state index in [1.165, 1.54) is 16.4 Å². The number of benzene rings is 2. The number of hydrogen-bond acceptors (Lipinski definition) is 10. The number of ether oxygens (including phenoxy) is 5. The van der Waals surface area contributed by atoms with Gasteiger partial charge >= 0.3 is 6.09 Å². The van der Waals surface area contributed by atoms with Crippen LogP contribution in [0.3, 0.4) is 0 Å². The van der Waals surface area contributed by atoms with E-state index in [0.29, 0.717) is 37.5 Å². The molecular formula is C34H45N3O10S. The molecule has 1 aliphatic carbocycles. The molecule has 14 heteroatoms. The third-order valence-corrected chi connectivity index (χ3v) is 11.1. The van der Waals surface area contributed by atoms with Crippen molar-refractivity contribution in [1.29, 1.82) is 0 Å². The first-order chi connectivity index (χ1) is 23.0. The standard InChI is InChI=1S/C34H45N3O10S/c1-34(2,13-14-35-31(39)23-8-9-23)20-37(48(41,42)24-10-11-28-29(17-24)46-21-45-28)18-27(38)26(16-22-6-4-3-5-7-22)36-33(40)47-30-19-44-32-25(30)12-15-43-32/h3-7,10-11,17,23,25-27,30,32,38H,8-9,12-16,18-21H2,1-2H3,(H,35,39)(H,36,40)/t25-,26-,27+,30-,32+/m0/s1. The van der Waals surface area contributed by atoms with Crippen LogP contribution < -0.4 is 20.1 Å². The molecule has 2 saturated heterocycles. The van der Waals surface area contributed by atoms with Crippen molar-refractivity contribution in [2.75, 3.05) is 39.6 Å². The SMILES string of the molecule is CC(C)(CCNC(=O)C1CC1)CN(C[C@@H](O)[C@H](Cc1ccccc1)NC(=O)O[C@H]1CO[C@H]2OCC[C@H]21)S(=O)(=O)c1ccc2c(c1)OCO2. The van der Waals surface area contributed by atoms with Crippen LogP contribution >= 0.6 is 0 Å². The van der Waals surface area contributed by atoms with Gasteiger partial charge in [0.1, 0.15) is 6.10 Å². The van der Waals surface area contributed by atoms with Gasteiger partial charge in [0.25, 0.3) is 0 Å². The van der Waals surface area contributed by atoms with Gasteiger partial charge in [-0.2, -0.15) is 4.31 Å². The molecule has 0 bridgehead atoms. The minimum atomic E-state index is -4.18. The number of amides is 2. The largest absolute Gasteiger partial charge is 0.454 e. The van der Waals surface area contributed by atoms with Crippen LogP contribution in [0.1, 0.15) is 45.1 Å². The Morgan fingerprint density at radius 3 is 2.60 bits per heavy atom. The highest BCUT2D eigenvalue weighted by molar-refractivity contribution is 7.89. The Hall–Kier alpha value is -3.43. The second-order valence-corrected chi connectivity index (χ2v) is 15.7. The van der Waals surface area contributed by atoms with Crippen LogP contribution in [0.4, 0.5) is 4.79 Å². The molecule has 0 aromatic heterocycles. The number of carbonyl (C=O) groups is 2. The van der Waals surface area contributed by atoms with Crippen molar-refractivity contribution < 1.29 is 46.8 Å². The summed E-state index contributed by atoms with van der Waals surface area (Å²) in [7, 11) is -4.18. The fraction of sp³-hybridized carbons (Fsp3) is 0.588. The summed E-state index contributed by atoms with van der Waals surface area (Å²) in [6.45, 7) is 4.69. The number of aliphatic hydroxyl groups is 1. The van der Waals surface area contributed by atoms with Gasteiger partial charge in [0.05, 0.1) is 36.2 Å². The number of nitrogens with one attached hydrogen (secondary N) is 2. The smallest absolute Gasteiger partial charge is 0.407 e. The Morgan fingerprint density at radius 2 is 1.83 bits per heavy atom. The van der Waals surface area contributed by atoms with E-state index < -0.39 is 46.1 Å². The molecule has 5 atom stereocenters. The maximum atomic E-state index is 14.3. The first kappa shape index (κ1) is 34.4. The number of alkyl carbamates (subject to hydrolysis) is 1. The van der Waals surface area contributed by atoms with E-state index in [2.05, 4.69) is 10.6 Å². The van der Waals surface area contributed by atoms with Gasteiger partial charge < -0.3 is 39.4 Å². The Bertz CT molecular complexity index is 1550. The van der Waals surface area contributed by atoms with Gasteiger partial charge in [-0.05, 0) is 55.2 Å². The number of carbonyl (C=O) groups excluding carboxylic acids is 2. The molecule has 3 N–H and O–H groups in total. The van der Waals surface area contributed by atoms with Crippen molar-refractivity contribution in [3.63, 3.8) is 0 Å². The van der Waals surface area contributed by atoms with Crippen LogP contribution in [-0.2, 0) is 35.4 Å². The number of fused-ring (bicyclic) bond motifs is 2. The number of sulfonamides is 1. The average Bonchev–Trinajstić information content (AvgIpc) is 3.43. The fourth-order valence-corrected chi connectivity index (χ4v) is 8.02. The van der Waals surface area contributed by atoms with E-state index in [0.717, 1.165) is 18.4 Å². The van der Waals surface area contributed by atoms with Gasteiger partial charge in [0, 0.05) is 31.6 Å². The van der Waals surface area contributed by atoms with Crippen LogP contribution in [0.5, 0.6) is 11.5 Å². The number of hydrogen-bond donors (Lipinski definition) is 3. The number of nitrogens with zero attached hydrogens (tertiary/aromatic N) is 1. The summed E-state index contributed by atoms with van der Waals surface area (Å²) in [5.74, 6) is 0.789. The van der Waals surface area contributed by atoms with Crippen molar-refractivity contribution in [3.8, 4) is 11.5 Å². The number of rotatable bonds is 15. The lowest BCUT2D eigenvalue weighted by molar-refractivity contribution is -0.122. The predicted octanol–water partition coefficient (Wildman–Crippen LogP) is 2.81. The normalized spacial score (nSPS) is 23.0. The van der Waals surface area contributed by atoms with Crippen LogP contribution in [0.25, 0.3) is 0 Å². The van der Waals surface area contributed by atoms with E-state index in [9.17, 15) is 23.1 Å². The van der Waals surface area contributed by atoms with Gasteiger partial charge in [0.15, 0.2) is 17.8 Å². The Balaban J connectivity index is 1.21. The van der Waals surface area contributed by atoms with E-state index in [1.54, 1.807) is 6.07 Å². The fourth-order valence-electron chi connectivity index (χ4n) is 6.36. The summed E-state index contributed by atoms with van der Waals surface area (Å²) in [5.41, 5.74) is 0.246. The lowest BCUT2D eigenvalue weighted by Gasteiger charge is -2.35. The zero-order chi connectivity index (χ0) is 33.9. The van der Waals surface area contributed by atoms with E-state index >= 15 is 0 Å². The Morgan fingerprint density at radius 1 is 1.06 bits per heavy atom. The molecule has 48 heavy (non-hydrogen) atoms. The molecular weight excluding hydrogens is 642 g/mol. The van der Waals surface area contributed by atoms with Gasteiger partial charge in [-0.15, -0.1) is 0 Å². The monoisotopic (exact) mass is 687 g/mol. The topological polar surface area (TPSA) is 162 Å². The average molecular weight is 688 g/mol. The molecule has 2 aromatic carbocycles. The molecule has 3 fully saturated rings. The predicted molar refractivity (Wildman–Crippen MR) is 173 cm³/mol. The van der Waals surface area contributed by atoms with Crippen LogP contribution in [0.15, 0.2) is 53.4 Å². The lowest BCUT2D eigenvalue weighted by Crippen LogP contribution is -2.52. The lowest BCUT2D eigenvalue weighted by atomic mass is 9.89. The second kappa shape index (κ2) is 14.6. The minimum Gasteiger partial charge on any atom is -0.454 e. The third kappa shape index (κ3) is 8.40. The van der Waals surface area contributed by atoms with Crippen LogP contribution in [-0.4, -0.2) is 94.0 Å². The number of aliphatic hydroxyl groups excluding tert-OH is 1. The quantitative estimate of drug-likeness (QED) is 0.254. The first-order valence-electron chi connectivity index (χ1n) is 16.6. The van der Waals surface area contributed by atoms with E-state index in [1.807, 2.05) is 44.2 Å². The highest BCUT2D eigenvalue weighted by atomic mass is 32.2. The molecule has 6 rings (SSSR count). The summed E-state index contributed by atoms with van der Waals surface area (Å²) >= 11 is 0. The molecule has 13 nitrogen and oxygen atoms in total. The van der Waals surface area contributed by atoms with E-state index in [4.69, 9.17) is 23.7 Å². The highest BCUT2D eigenvalue weighted by Crippen LogP contribution is 2.36. The Labute approximate surface area is 281 Å². The van der Waals surface area contributed by atoms with Crippen molar-refractivity contribution in [2.24, 2.45) is 17.3 Å². The zero-order valence-corrected chi connectivity index (χ0v) is 28.2. The molecule has 4 aliphatic rings. The minimum absolute atomic E-state index is 0.00871. The van der Waals surface area contributed by atoms with Crippen molar-refractivity contribution in [1.82, 2.24) is 14.9 Å². The molecule has 0 unspecified atom stereocenters. The van der Waals surface area contributed by atoms with Crippen molar-refractivity contribution in [2.45, 2.75) is 75.4 Å². The molecule has 2 aromatic rings. The second-order valence-electron chi connectivity index (χ2n) is 13.8. The molecule has 0 radical (unpaired) electrons. The maximum absolute atomic E-state index is 14.3. The summed E-state index contributed by atoms with van der Waals surface area (Å²) in [4.78, 5) is 25.5. The zero-order valence-electron chi connectivity index (χ0n) is 27.3. The van der Waals surface area contributed by atoms with Gasteiger partial charge in [0.2, 0.25) is 22.7 Å². The molecule has 262 valence electrons. The first-order valence-corrected chi connectivity index (χ1v) is 18.0. The summed E-state index contributed by atoms with van der Waals surface area (Å²) in [5, 5.41) is 17.5. The van der Waals surface area contributed by atoms with Crippen LogP contribution in [0.2, 0.25) is 0 Å². The molecule has 1 saturated carbocycles. The van der Waals surface area contributed by atoms with Gasteiger partial charge in [-0.25, -0.2) is 13.2 Å².